The molecule has 0 aliphatic heterocycles. The van der Waals surface area contributed by atoms with Gasteiger partial charge in [-0.2, -0.15) is 0 Å². The van der Waals surface area contributed by atoms with Crippen molar-refractivity contribution >= 4 is 13.9 Å². The van der Waals surface area contributed by atoms with Crippen LogP contribution in [0.15, 0.2) is 0 Å². The summed E-state index contributed by atoms with van der Waals surface area (Å²) in [6.45, 7) is 0. The first-order chi connectivity index (χ1) is 1.41. The monoisotopic (exact) mass is 193 g/mol. The fraction of sp³-hybridized carbons (Fsp3) is 0. The summed E-state index contributed by atoms with van der Waals surface area (Å²) in [4.78, 5) is 0. The van der Waals surface area contributed by atoms with Crippen molar-refractivity contribution in [3.05, 3.63) is 0 Å². The van der Waals surface area contributed by atoms with E-state index >= 15 is 0 Å². The van der Waals surface area contributed by atoms with E-state index in [1.807, 2.05) is 0 Å². The van der Waals surface area contributed by atoms with Gasteiger partial charge in [0.25, 0.3) is 0 Å². The Kier molecular flexibility index (Phi) is 20.1. The van der Waals surface area contributed by atoms with E-state index in [4.69, 9.17) is 0 Å². The van der Waals surface area contributed by atoms with E-state index in [1.165, 1.54) is 8.00 Å². The van der Waals surface area contributed by atoms with Crippen molar-refractivity contribution in [3.8, 4) is 0 Å². The van der Waals surface area contributed by atoms with Crippen LogP contribution in [-0.4, -0.2) is 13.9 Å². The smallest absolute Gasteiger partial charge is 0 e. The summed E-state index contributed by atoms with van der Waals surface area (Å²) in [5.41, 5.74) is 0. The van der Waals surface area contributed by atoms with E-state index in [9.17, 15) is 0 Å². The molecule has 0 amide bonds. The number of hydrogen-bond acceptors (Lipinski definition) is 0. The van der Waals surface area contributed by atoms with Crippen molar-refractivity contribution in [2.75, 3.05) is 0 Å². The third-order valence-electron chi connectivity index (χ3n) is 0. The van der Waals surface area contributed by atoms with Crippen molar-refractivity contribution in [1.29, 1.82) is 0 Å². The molecule has 0 heterocycles. The first kappa shape index (κ1) is 9.11. The Hall–Kier alpha value is 1.54. The van der Waals surface area contributed by atoms with E-state index in [0.717, 1.165) is 0 Å². The van der Waals surface area contributed by atoms with Crippen LogP contribution >= 0.6 is 0 Å². The molecule has 0 rings (SSSR count). The van der Waals surface area contributed by atoms with Gasteiger partial charge in [-0.3, -0.25) is 0 Å². The minimum atomic E-state index is 0. The molecule has 0 spiro atoms. The molecule has 0 N–H and O–H groups in total. The maximum absolute atomic E-state index is 2.34. The Labute approximate surface area is 49.7 Å². The fourth-order valence-corrected chi connectivity index (χ4v) is 0. The molecule has 0 atom stereocenters. The fourth-order valence-electron chi connectivity index (χ4n) is 0. The topological polar surface area (TPSA) is 0 Å². The van der Waals surface area contributed by atoms with Crippen molar-refractivity contribution in [2.24, 2.45) is 0 Å². The predicted molar refractivity (Wildman–Crippen MR) is 18.5 cm³/mol. The van der Waals surface area contributed by atoms with Gasteiger partial charge in [-0.15, -0.1) is 0 Å². The summed E-state index contributed by atoms with van der Waals surface area (Å²) >= 11 is 0.489. The molecule has 4 heteroatoms. The van der Waals surface area contributed by atoms with Gasteiger partial charge in [0.2, 0.25) is 0 Å². The van der Waals surface area contributed by atoms with E-state index in [1.54, 1.807) is 0 Å². The Morgan fingerprint density at radius 2 is 1.75 bits per heavy atom. The number of hydrogen-bond donors (Lipinski definition) is 0. The van der Waals surface area contributed by atoms with Crippen LogP contribution in [0.25, 0.3) is 0 Å². The molecule has 0 radical (unpaired) electrons. The van der Waals surface area contributed by atoms with E-state index in [2.05, 4.69) is 5.93 Å². The van der Waals surface area contributed by atoms with Crippen molar-refractivity contribution in [3.63, 3.8) is 0 Å². The van der Waals surface area contributed by atoms with Gasteiger partial charge < -0.3 is 0 Å². The second-order valence-electron chi connectivity index (χ2n) is 0.447. The van der Waals surface area contributed by atoms with Crippen LogP contribution in [0.2, 0.25) is 0 Å². The normalized spacial score (nSPS) is 4.00. The predicted octanol–water partition coefficient (Wildman–Crippen LogP) is -2.11. The van der Waals surface area contributed by atoms with Crippen LogP contribution in [0, 0.1) is 0 Å². The van der Waals surface area contributed by atoms with Gasteiger partial charge in [-0.05, 0) is 0 Å². The molecule has 0 bridgehead atoms. The Balaban J connectivity index is 0. The van der Waals surface area contributed by atoms with E-state index < -0.39 is 0 Å². The Morgan fingerprint density at radius 3 is 1.75 bits per heavy atom. The quantitative estimate of drug-likeness (QED) is 0.386. The Bertz CT molecular complexity index is 8.00. The maximum atomic E-state index is 2.34. The van der Waals surface area contributed by atoms with Crippen LogP contribution in [0.3, 0.4) is 0 Å². The molecular weight excluding hydrogens is 188 g/mol. The van der Waals surface area contributed by atoms with Crippen molar-refractivity contribution < 1.29 is 35.9 Å². The molecule has 25 valence electrons. The zero-order valence-corrected chi connectivity index (χ0v) is 8.10. The van der Waals surface area contributed by atoms with E-state index in [0.29, 0.717) is 18.8 Å². The molecule has 0 unspecified atom stereocenters. The van der Waals surface area contributed by atoms with Crippen LogP contribution in [-0.2, 0) is 35.9 Å². The maximum Gasteiger partial charge on any atom is 0 e. The largest absolute Gasteiger partial charge is 0 e. The first-order valence-electron chi connectivity index (χ1n) is 0.894. The van der Waals surface area contributed by atoms with Crippen LogP contribution < -0.4 is 0 Å². The second-order valence-corrected chi connectivity index (χ2v) is 7.94. The van der Waals surface area contributed by atoms with E-state index in [-0.39, 0.29) is 17.1 Å². The molecule has 0 nitrogen and oxygen atoms in total. The summed E-state index contributed by atoms with van der Waals surface area (Å²) in [6, 6.07) is 0. The third kappa shape index (κ3) is 9.63. The Morgan fingerprint density at radius 1 is 1.75 bits per heavy atom. The second kappa shape index (κ2) is 8.82. The molecule has 0 aromatic rings. The molecule has 0 aromatic carbocycles. The molecule has 0 saturated heterocycles. The summed E-state index contributed by atoms with van der Waals surface area (Å²) in [5, 5.41) is 0. The van der Waals surface area contributed by atoms with Gasteiger partial charge >= 0.3 is 32.7 Å². The minimum Gasteiger partial charge on any atom is 0 e. The molecule has 0 fully saturated rings. The summed E-state index contributed by atoms with van der Waals surface area (Å²) in [6.07, 6.45) is 0. The summed E-state index contributed by atoms with van der Waals surface area (Å²) in [5.74, 6) is 2.34. The van der Waals surface area contributed by atoms with Gasteiger partial charge in [0.05, 0.1) is 0 Å². The average Bonchev–Trinajstić information content (AvgIpc) is 0.918. The van der Waals surface area contributed by atoms with Crippen LogP contribution in [0.1, 0.15) is 0 Å². The molecule has 0 saturated carbocycles. The zero-order chi connectivity index (χ0) is 2.71. The minimum absolute atomic E-state index is 0. The van der Waals surface area contributed by atoms with Gasteiger partial charge in [0, 0.05) is 17.1 Å². The zero-order valence-electron chi connectivity index (χ0n) is 2.80. The van der Waals surface area contributed by atoms with Gasteiger partial charge in [0.15, 0.2) is 0 Å². The molecule has 4 heavy (non-hydrogen) atoms. The molecule has 0 aliphatic rings. The van der Waals surface area contributed by atoms with Crippen molar-refractivity contribution in [1.82, 2.24) is 0 Å². The molecular formula is H5BFeNbSi. The SMILES string of the molecule is [BH2][Nb][SiH3].[Fe]. The van der Waals surface area contributed by atoms with Crippen molar-refractivity contribution in [2.45, 2.75) is 0 Å². The first-order valence-corrected chi connectivity index (χ1v) is 10.6. The van der Waals surface area contributed by atoms with Crippen LogP contribution in [0.5, 0.6) is 0 Å². The van der Waals surface area contributed by atoms with Gasteiger partial charge in [0.1, 0.15) is 0 Å². The standard InChI is InChI=1S/BH2.Fe.Nb.H3Si/h1H2;;;1H3/q+1;;-1;. The summed E-state index contributed by atoms with van der Waals surface area (Å²) < 4.78 is 0. The average molecular weight is 193 g/mol. The number of rotatable bonds is 0. The third-order valence-corrected chi connectivity index (χ3v) is 0. The molecule has 0 aromatic heterocycles. The molecule has 0 aliphatic carbocycles. The summed E-state index contributed by atoms with van der Waals surface area (Å²) in [7, 11) is 1.52. The van der Waals surface area contributed by atoms with Crippen LogP contribution in [0.4, 0.5) is 0 Å². The van der Waals surface area contributed by atoms with Gasteiger partial charge in [-0.25, -0.2) is 0 Å². The van der Waals surface area contributed by atoms with Gasteiger partial charge in [-0.1, -0.05) is 0 Å².